The minimum Gasteiger partial charge on any atom is -0.463 e. The van der Waals surface area contributed by atoms with Gasteiger partial charge in [0.2, 0.25) is 5.88 Å². The number of carbonyl (C=O) groups is 1. The second-order valence-corrected chi connectivity index (χ2v) is 7.92. The van der Waals surface area contributed by atoms with Crippen LogP contribution in [0, 0.1) is 23.1 Å². The summed E-state index contributed by atoms with van der Waals surface area (Å²) in [5, 5.41) is 9.78. The Morgan fingerprint density at radius 1 is 1.40 bits per heavy atom. The number of likely N-dealkylation sites (tertiary alicyclic amines) is 1. The number of rotatable bonds is 5. The van der Waals surface area contributed by atoms with Crippen molar-refractivity contribution in [1.82, 2.24) is 4.90 Å². The minimum atomic E-state index is -0.762. The molecule has 2 aliphatic heterocycles. The fourth-order valence-corrected chi connectivity index (χ4v) is 4.12. The summed E-state index contributed by atoms with van der Waals surface area (Å²) in [6.07, 6.45) is 2.18. The first kappa shape index (κ1) is 21.8. The SMILES string of the molecule is CCOC(=O)C1=C(C)OC(N)=C(C#N)C1c1ccc(F)cc1CN1CCC(C)CC1. The smallest absolute Gasteiger partial charge is 0.338 e. The van der Waals surface area contributed by atoms with Crippen LogP contribution in [-0.2, 0) is 20.8 Å². The van der Waals surface area contributed by atoms with Crippen molar-refractivity contribution in [3.05, 3.63) is 57.9 Å². The summed E-state index contributed by atoms with van der Waals surface area (Å²) in [5.41, 5.74) is 7.74. The molecule has 0 bridgehead atoms. The molecule has 3 rings (SSSR count). The van der Waals surface area contributed by atoms with E-state index in [9.17, 15) is 14.4 Å². The van der Waals surface area contributed by atoms with E-state index in [2.05, 4.69) is 17.9 Å². The Bertz CT molecular complexity index is 924. The van der Waals surface area contributed by atoms with Crippen LogP contribution in [0.4, 0.5) is 4.39 Å². The Kier molecular flexibility index (Phi) is 6.78. The molecule has 0 amide bonds. The van der Waals surface area contributed by atoms with Crippen molar-refractivity contribution in [2.45, 2.75) is 46.1 Å². The van der Waals surface area contributed by atoms with Gasteiger partial charge in [0.25, 0.3) is 0 Å². The van der Waals surface area contributed by atoms with Crippen LogP contribution in [0.25, 0.3) is 0 Å². The fourth-order valence-electron chi connectivity index (χ4n) is 4.12. The Hall–Kier alpha value is -2.85. The number of nitrogens with two attached hydrogens (primary N) is 1. The van der Waals surface area contributed by atoms with Gasteiger partial charge in [0.05, 0.1) is 18.1 Å². The lowest BCUT2D eigenvalue weighted by Crippen LogP contribution is -2.33. The zero-order valence-electron chi connectivity index (χ0n) is 17.7. The second kappa shape index (κ2) is 9.31. The molecule has 2 heterocycles. The Morgan fingerprint density at radius 3 is 2.73 bits per heavy atom. The Labute approximate surface area is 176 Å². The van der Waals surface area contributed by atoms with E-state index in [4.69, 9.17) is 15.2 Å². The zero-order chi connectivity index (χ0) is 21.8. The van der Waals surface area contributed by atoms with Crippen LogP contribution >= 0.6 is 0 Å². The maximum Gasteiger partial charge on any atom is 0.338 e. The molecular weight excluding hydrogens is 385 g/mol. The molecule has 0 spiro atoms. The monoisotopic (exact) mass is 413 g/mol. The predicted octanol–water partition coefficient (Wildman–Crippen LogP) is 3.70. The second-order valence-electron chi connectivity index (χ2n) is 7.92. The molecule has 2 aliphatic rings. The quantitative estimate of drug-likeness (QED) is 0.741. The van der Waals surface area contributed by atoms with Crippen molar-refractivity contribution in [3.63, 3.8) is 0 Å². The third-order valence-corrected chi connectivity index (χ3v) is 5.79. The minimum absolute atomic E-state index is 0.0462. The normalized spacial score (nSPS) is 20.7. The highest BCUT2D eigenvalue weighted by atomic mass is 19.1. The van der Waals surface area contributed by atoms with Crippen LogP contribution < -0.4 is 5.73 Å². The molecule has 7 heteroatoms. The van der Waals surface area contributed by atoms with Crippen LogP contribution in [0.1, 0.15) is 50.7 Å². The lowest BCUT2D eigenvalue weighted by Gasteiger charge is -2.32. The molecule has 1 unspecified atom stereocenters. The van der Waals surface area contributed by atoms with Crippen molar-refractivity contribution in [2.75, 3.05) is 19.7 Å². The summed E-state index contributed by atoms with van der Waals surface area (Å²) in [6, 6.07) is 6.53. The van der Waals surface area contributed by atoms with Crippen LogP contribution in [-0.4, -0.2) is 30.6 Å². The summed E-state index contributed by atoms with van der Waals surface area (Å²) in [4.78, 5) is 15.0. The van der Waals surface area contributed by atoms with E-state index in [0.29, 0.717) is 18.0 Å². The highest BCUT2D eigenvalue weighted by molar-refractivity contribution is 5.92. The summed E-state index contributed by atoms with van der Waals surface area (Å²) in [6.45, 7) is 8.13. The highest BCUT2D eigenvalue weighted by Crippen LogP contribution is 2.41. The molecule has 6 nitrogen and oxygen atoms in total. The van der Waals surface area contributed by atoms with E-state index in [0.717, 1.165) is 31.5 Å². The van der Waals surface area contributed by atoms with E-state index in [1.165, 1.54) is 12.1 Å². The molecule has 1 saturated heterocycles. The molecule has 1 fully saturated rings. The summed E-state index contributed by atoms with van der Waals surface area (Å²) in [5.74, 6) is -0.769. The first-order valence-electron chi connectivity index (χ1n) is 10.3. The molecule has 1 aromatic carbocycles. The number of esters is 1. The average molecular weight is 413 g/mol. The lowest BCUT2D eigenvalue weighted by atomic mass is 9.80. The first-order chi connectivity index (χ1) is 14.3. The van der Waals surface area contributed by atoms with Crippen molar-refractivity contribution in [3.8, 4) is 6.07 Å². The predicted molar refractivity (Wildman–Crippen MR) is 110 cm³/mol. The summed E-state index contributed by atoms with van der Waals surface area (Å²) < 4.78 is 24.9. The van der Waals surface area contributed by atoms with Crippen LogP contribution in [0.15, 0.2) is 41.0 Å². The van der Waals surface area contributed by atoms with Gasteiger partial charge in [-0.15, -0.1) is 0 Å². The standard InChI is InChI=1S/C23H28FN3O3/c1-4-29-23(28)20-15(3)30-22(26)19(12-25)21(20)18-6-5-17(24)11-16(18)13-27-9-7-14(2)8-10-27/h5-6,11,14,21H,4,7-10,13,26H2,1-3H3. The summed E-state index contributed by atoms with van der Waals surface area (Å²) in [7, 11) is 0. The lowest BCUT2D eigenvalue weighted by molar-refractivity contribution is -0.139. The van der Waals surface area contributed by atoms with Crippen molar-refractivity contribution in [1.29, 1.82) is 5.26 Å². The van der Waals surface area contributed by atoms with E-state index in [-0.39, 0.29) is 35.2 Å². The van der Waals surface area contributed by atoms with Crippen molar-refractivity contribution < 1.29 is 18.7 Å². The number of allylic oxidation sites excluding steroid dienone is 2. The van der Waals surface area contributed by atoms with Crippen LogP contribution in [0.3, 0.4) is 0 Å². The van der Waals surface area contributed by atoms with E-state index in [1.807, 2.05) is 0 Å². The van der Waals surface area contributed by atoms with Gasteiger partial charge in [-0.2, -0.15) is 5.26 Å². The fraction of sp³-hybridized carbons (Fsp3) is 0.478. The van der Waals surface area contributed by atoms with Gasteiger partial charge >= 0.3 is 5.97 Å². The van der Waals surface area contributed by atoms with Gasteiger partial charge in [0, 0.05) is 6.54 Å². The van der Waals surface area contributed by atoms with Gasteiger partial charge < -0.3 is 15.2 Å². The summed E-state index contributed by atoms with van der Waals surface area (Å²) >= 11 is 0. The molecular formula is C23H28FN3O3. The molecule has 2 N–H and O–H groups in total. The average Bonchev–Trinajstić information content (AvgIpc) is 2.69. The Balaban J connectivity index is 2.07. The molecule has 1 atom stereocenters. The number of hydrogen-bond donors (Lipinski definition) is 1. The number of halogens is 1. The number of hydrogen-bond acceptors (Lipinski definition) is 6. The molecule has 160 valence electrons. The molecule has 0 saturated carbocycles. The first-order valence-corrected chi connectivity index (χ1v) is 10.3. The number of carbonyl (C=O) groups excluding carboxylic acids is 1. The topological polar surface area (TPSA) is 88.6 Å². The van der Waals surface area contributed by atoms with Crippen LogP contribution in [0.2, 0.25) is 0 Å². The maximum absolute atomic E-state index is 14.2. The van der Waals surface area contributed by atoms with E-state index in [1.54, 1.807) is 19.9 Å². The van der Waals surface area contributed by atoms with Gasteiger partial charge in [-0.1, -0.05) is 13.0 Å². The molecule has 0 aromatic heterocycles. The van der Waals surface area contributed by atoms with Gasteiger partial charge in [-0.25, -0.2) is 9.18 Å². The number of nitrogens with zero attached hydrogens (tertiary/aromatic N) is 2. The number of nitriles is 1. The molecule has 0 radical (unpaired) electrons. The van der Waals surface area contributed by atoms with Gasteiger partial charge in [-0.3, -0.25) is 4.90 Å². The third kappa shape index (κ3) is 4.49. The number of piperidine rings is 1. The van der Waals surface area contributed by atoms with Crippen LogP contribution in [0.5, 0.6) is 0 Å². The van der Waals surface area contributed by atoms with Crippen molar-refractivity contribution >= 4 is 5.97 Å². The third-order valence-electron chi connectivity index (χ3n) is 5.79. The molecule has 0 aliphatic carbocycles. The largest absolute Gasteiger partial charge is 0.463 e. The Morgan fingerprint density at radius 2 is 2.10 bits per heavy atom. The van der Waals surface area contributed by atoms with E-state index < -0.39 is 11.9 Å². The molecule has 30 heavy (non-hydrogen) atoms. The highest BCUT2D eigenvalue weighted by Gasteiger charge is 2.37. The van der Waals surface area contributed by atoms with Gasteiger partial charge in [0.1, 0.15) is 23.2 Å². The molecule has 1 aromatic rings. The maximum atomic E-state index is 14.2. The van der Waals surface area contributed by atoms with Gasteiger partial charge in [-0.05, 0) is 69.0 Å². The number of benzene rings is 1. The van der Waals surface area contributed by atoms with Crippen molar-refractivity contribution in [2.24, 2.45) is 11.7 Å². The van der Waals surface area contributed by atoms with Gasteiger partial charge in [0.15, 0.2) is 0 Å². The number of ether oxygens (including phenoxy) is 2. The zero-order valence-corrected chi connectivity index (χ0v) is 17.7. The van der Waals surface area contributed by atoms with E-state index >= 15 is 0 Å².